The lowest BCUT2D eigenvalue weighted by Crippen LogP contribution is -2.54. The van der Waals surface area contributed by atoms with Crippen LogP contribution in [-0.2, 0) is 0 Å². The molecule has 0 saturated carbocycles. The molecular formula is C22H25Cl2N7O. The maximum Gasteiger partial charge on any atom is 0.151 e. The van der Waals surface area contributed by atoms with Crippen molar-refractivity contribution in [1.82, 2.24) is 30.7 Å². The van der Waals surface area contributed by atoms with Crippen molar-refractivity contribution in [2.24, 2.45) is 0 Å². The minimum Gasteiger partial charge on any atom is -0.506 e. The van der Waals surface area contributed by atoms with Gasteiger partial charge in [-0.15, -0.1) is 35.0 Å². The number of hydrogen-bond acceptors (Lipinski definition) is 7. The van der Waals surface area contributed by atoms with Crippen molar-refractivity contribution < 1.29 is 5.11 Å². The molecule has 4 aromatic rings. The van der Waals surface area contributed by atoms with Gasteiger partial charge in [0.25, 0.3) is 0 Å². The van der Waals surface area contributed by atoms with Crippen LogP contribution in [0.2, 0.25) is 0 Å². The van der Waals surface area contributed by atoms with Gasteiger partial charge in [-0.2, -0.15) is 5.10 Å². The molecule has 3 N–H and O–H groups in total. The summed E-state index contributed by atoms with van der Waals surface area (Å²) in [5.74, 6) is 0.912. The van der Waals surface area contributed by atoms with Crippen LogP contribution in [-0.4, -0.2) is 55.7 Å². The molecule has 0 aliphatic carbocycles. The Labute approximate surface area is 198 Å². The van der Waals surface area contributed by atoms with Gasteiger partial charge in [-0.05, 0) is 49.7 Å². The normalized spacial score (nSPS) is 18.1. The van der Waals surface area contributed by atoms with E-state index in [4.69, 9.17) is 0 Å². The van der Waals surface area contributed by atoms with Crippen LogP contribution >= 0.6 is 24.8 Å². The van der Waals surface area contributed by atoms with Crippen LogP contribution in [0.5, 0.6) is 5.75 Å². The van der Waals surface area contributed by atoms with Gasteiger partial charge in [-0.25, -0.2) is 4.98 Å². The SMILES string of the molecule is C[C@@H]1CN(c2ccc(-c3ncc(-c4ccc5[nH]ncc5c4)cc3O)nn2)C[C@H](C)N1.Cl.Cl. The van der Waals surface area contributed by atoms with Gasteiger partial charge in [0.15, 0.2) is 5.82 Å². The summed E-state index contributed by atoms with van der Waals surface area (Å²) < 4.78 is 0. The zero-order chi connectivity index (χ0) is 20.7. The molecule has 2 atom stereocenters. The lowest BCUT2D eigenvalue weighted by Gasteiger charge is -2.36. The molecule has 1 saturated heterocycles. The summed E-state index contributed by atoms with van der Waals surface area (Å²) in [5.41, 5.74) is 3.72. The Morgan fingerprint density at radius 3 is 2.41 bits per heavy atom. The Morgan fingerprint density at radius 1 is 0.938 bits per heavy atom. The number of halogens is 2. The molecule has 32 heavy (non-hydrogen) atoms. The quantitative estimate of drug-likeness (QED) is 0.415. The fraction of sp³-hybridized carbons (Fsp3) is 0.273. The molecule has 10 heteroatoms. The Morgan fingerprint density at radius 2 is 1.72 bits per heavy atom. The molecule has 1 fully saturated rings. The molecule has 5 rings (SSSR count). The topological polar surface area (TPSA) is 103 Å². The zero-order valence-corrected chi connectivity index (χ0v) is 19.3. The number of aromatic hydroxyl groups is 1. The predicted octanol–water partition coefficient (Wildman–Crippen LogP) is 3.82. The molecule has 3 aromatic heterocycles. The average molecular weight is 474 g/mol. The summed E-state index contributed by atoms with van der Waals surface area (Å²) in [7, 11) is 0. The second kappa shape index (κ2) is 9.68. The summed E-state index contributed by atoms with van der Waals surface area (Å²) in [6.07, 6.45) is 3.52. The van der Waals surface area contributed by atoms with Gasteiger partial charge in [-0.1, -0.05) is 6.07 Å². The Bertz CT molecular complexity index is 1190. The molecule has 0 radical (unpaired) electrons. The number of nitrogens with zero attached hydrogens (tertiary/aromatic N) is 5. The smallest absolute Gasteiger partial charge is 0.151 e. The van der Waals surface area contributed by atoms with E-state index in [1.165, 1.54) is 0 Å². The van der Waals surface area contributed by atoms with Gasteiger partial charge < -0.3 is 15.3 Å². The van der Waals surface area contributed by atoms with E-state index >= 15 is 0 Å². The van der Waals surface area contributed by atoms with Gasteiger partial charge in [0.05, 0.1) is 11.7 Å². The molecule has 4 heterocycles. The molecule has 1 aromatic carbocycles. The molecule has 168 valence electrons. The number of fused-ring (bicyclic) bond motifs is 1. The first-order chi connectivity index (χ1) is 14.6. The minimum atomic E-state index is 0. The molecule has 0 amide bonds. The van der Waals surface area contributed by atoms with Crippen molar-refractivity contribution in [3.8, 4) is 28.3 Å². The number of rotatable bonds is 3. The third kappa shape index (κ3) is 4.62. The number of aromatic nitrogens is 5. The highest BCUT2D eigenvalue weighted by Gasteiger charge is 2.22. The van der Waals surface area contributed by atoms with E-state index in [0.717, 1.165) is 40.9 Å². The van der Waals surface area contributed by atoms with E-state index in [9.17, 15) is 5.11 Å². The second-order valence-electron chi connectivity index (χ2n) is 7.91. The van der Waals surface area contributed by atoms with E-state index in [1.807, 2.05) is 30.3 Å². The third-order valence-electron chi connectivity index (χ3n) is 5.42. The van der Waals surface area contributed by atoms with Crippen LogP contribution in [0, 0.1) is 0 Å². The van der Waals surface area contributed by atoms with Gasteiger partial charge >= 0.3 is 0 Å². The Kier molecular flexibility index (Phi) is 7.18. The minimum absolute atomic E-state index is 0. The van der Waals surface area contributed by atoms with Crippen LogP contribution < -0.4 is 10.2 Å². The first-order valence-electron chi connectivity index (χ1n) is 10.0. The third-order valence-corrected chi connectivity index (χ3v) is 5.42. The number of benzene rings is 1. The number of hydrogen-bond donors (Lipinski definition) is 3. The summed E-state index contributed by atoms with van der Waals surface area (Å²) in [4.78, 5) is 6.69. The van der Waals surface area contributed by atoms with Gasteiger partial charge in [0, 0.05) is 42.3 Å². The van der Waals surface area contributed by atoms with Crippen LogP contribution in [0.4, 0.5) is 5.82 Å². The Balaban J connectivity index is 0.00000144. The van der Waals surface area contributed by atoms with E-state index in [1.54, 1.807) is 18.5 Å². The van der Waals surface area contributed by atoms with Gasteiger partial charge in [0.1, 0.15) is 17.1 Å². The number of anilines is 1. The zero-order valence-electron chi connectivity index (χ0n) is 17.7. The molecule has 0 spiro atoms. The first kappa shape index (κ1) is 23.7. The summed E-state index contributed by atoms with van der Waals surface area (Å²) >= 11 is 0. The fourth-order valence-electron chi connectivity index (χ4n) is 4.06. The number of piperazine rings is 1. The van der Waals surface area contributed by atoms with Gasteiger partial charge in [0.2, 0.25) is 0 Å². The monoisotopic (exact) mass is 473 g/mol. The average Bonchev–Trinajstić information content (AvgIpc) is 3.21. The van der Waals surface area contributed by atoms with Crippen molar-refractivity contribution in [2.45, 2.75) is 25.9 Å². The predicted molar refractivity (Wildman–Crippen MR) is 131 cm³/mol. The fourth-order valence-corrected chi connectivity index (χ4v) is 4.06. The highest BCUT2D eigenvalue weighted by molar-refractivity contribution is 5.86. The van der Waals surface area contributed by atoms with Crippen molar-refractivity contribution >= 4 is 41.5 Å². The van der Waals surface area contributed by atoms with Crippen molar-refractivity contribution in [2.75, 3.05) is 18.0 Å². The Hall–Kier alpha value is -2.94. The van der Waals surface area contributed by atoms with Crippen LogP contribution in [0.25, 0.3) is 33.4 Å². The van der Waals surface area contributed by atoms with E-state index in [0.29, 0.717) is 23.5 Å². The first-order valence-corrected chi connectivity index (χ1v) is 10.0. The molecule has 1 aliphatic rings. The largest absolute Gasteiger partial charge is 0.506 e. The van der Waals surface area contributed by atoms with Crippen molar-refractivity contribution in [3.05, 3.63) is 48.8 Å². The van der Waals surface area contributed by atoms with E-state index < -0.39 is 0 Å². The summed E-state index contributed by atoms with van der Waals surface area (Å²) in [5, 5.41) is 30.8. The number of nitrogens with one attached hydrogen (secondary N) is 2. The summed E-state index contributed by atoms with van der Waals surface area (Å²) in [6, 6.07) is 12.3. The standard InChI is InChI=1S/C22H23N7O.2ClH/c1-13-11-29(12-14(2)25-13)21-6-5-19(27-28-21)22-20(30)8-16(9-23-22)15-3-4-18-17(7-15)10-24-26-18;;/h3-10,13-14,25,30H,11-12H2,1-2H3,(H,24,26);2*1H/t13-,14+;;. The highest BCUT2D eigenvalue weighted by atomic mass is 35.5. The molecular weight excluding hydrogens is 449 g/mol. The maximum atomic E-state index is 10.6. The lowest BCUT2D eigenvalue weighted by atomic mass is 10.0. The van der Waals surface area contributed by atoms with E-state index in [2.05, 4.69) is 49.4 Å². The lowest BCUT2D eigenvalue weighted by molar-refractivity contribution is 0.404. The van der Waals surface area contributed by atoms with Crippen LogP contribution in [0.15, 0.2) is 48.8 Å². The second-order valence-corrected chi connectivity index (χ2v) is 7.91. The number of aromatic amines is 1. The van der Waals surface area contributed by atoms with Gasteiger partial charge in [-0.3, -0.25) is 5.10 Å². The van der Waals surface area contributed by atoms with Crippen LogP contribution in [0.3, 0.4) is 0 Å². The van der Waals surface area contributed by atoms with E-state index in [-0.39, 0.29) is 30.6 Å². The van der Waals surface area contributed by atoms with Crippen LogP contribution in [0.1, 0.15) is 13.8 Å². The molecule has 8 nitrogen and oxygen atoms in total. The highest BCUT2D eigenvalue weighted by Crippen LogP contribution is 2.31. The molecule has 1 aliphatic heterocycles. The summed E-state index contributed by atoms with van der Waals surface area (Å²) in [6.45, 7) is 6.10. The number of H-pyrrole nitrogens is 1. The number of pyridine rings is 1. The molecule has 0 bridgehead atoms. The van der Waals surface area contributed by atoms with Crippen molar-refractivity contribution in [1.29, 1.82) is 0 Å². The maximum absolute atomic E-state index is 10.6. The van der Waals surface area contributed by atoms with Crippen molar-refractivity contribution in [3.63, 3.8) is 0 Å². The molecule has 0 unspecified atom stereocenters.